The summed E-state index contributed by atoms with van der Waals surface area (Å²) in [5.41, 5.74) is 0. The van der Waals surface area contributed by atoms with Gasteiger partial charge in [0.25, 0.3) is 0 Å². The minimum Gasteiger partial charge on any atom is -0.486 e. The van der Waals surface area contributed by atoms with E-state index in [0.717, 1.165) is 45.1 Å². The Morgan fingerprint density at radius 2 is 2.08 bits per heavy atom. The van der Waals surface area contributed by atoms with Crippen LogP contribution < -0.4 is 15.4 Å². The van der Waals surface area contributed by atoms with Crippen molar-refractivity contribution < 1.29 is 13.9 Å². The molecule has 2 N–H and O–H groups in total. The van der Waals surface area contributed by atoms with Crippen molar-refractivity contribution >= 4 is 17.7 Å². The van der Waals surface area contributed by atoms with E-state index in [1.807, 2.05) is 25.6 Å². The lowest BCUT2D eigenvalue weighted by Crippen LogP contribution is -2.43. The molecule has 0 radical (unpaired) electrons. The normalized spacial score (nSPS) is 18.2. The number of ether oxygens (including phenoxy) is 2. The molecule has 0 bridgehead atoms. The Balaban J connectivity index is 1.89. The molecule has 1 fully saturated rings. The van der Waals surface area contributed by atoms with Crippen LogP contribution in [-0.2, 0) is 4.74 Å². The largest absolute Gasteiger partial charge is 0.486 e. The molecule has 1 atom stereocenters. The van der Waals surface area contributed by atoms with E-state index in [9.17, 15) is 4.39 Å². The van der Waals surface area contributed by atoms with Gasteiger partial charge < -0.3 is 20.1 Å². The van der Waals surface area contributed by atoms with Gasteiger partial charge >= 0.3 is 0 Å². The van der Waals surface area contributed by atoms with Crippen LogP contribution in [0.1, 0.15) is 26.7 Å². The van der Waals surface area contributed by atoms with Gasteiger partial charge in [-0.25, -0.2) is 4.39 Å². The fourth-order valence-electron chi connectivity index (χ4n) is 2.77. The van der Waals surface area contributed by atoms with Crippen molar-refractivity contribution in [2.75, 3.05) is 39.1 Å². The smallest absolute Gasteiger partial charge is 0.191 e. The number of nitrogens with zero attached hydrogens (tertiary/aromatic N) is 1. The average Bonchev–Trinajstić information content (AvgIpc) is 2.66. The Hall–Kier alpha value is -1.47. The van der Waals surface area contributed by atoms with Gasteiger partial charge in [-0.15, -0.1) is 0 Å². The molecule has 146 valence electrons. The summed E-state index contributed by atoms with van der Waals surface area (Å²) in [5, 5.41) is 6.55. The lowest BCUT2D eigenvalue weighted by atomic mass is 9.99. The molecule has 1 aliphatic rings. The molecule has 1 unspecified atom stereocenters. The molecule has 1 aromatic carbocycles. The SMILES string of the molecule is CCNC(=NCC1(SC)CCOCC1)NCC(C)Oc1ccccc1F. The molecule has 0 saturated carbocycles. The number of thioether (sulfide) groups is 1. The van der Waals surface area contributed by atoms with Crippen molar-refractivity contribution in [2.24, 2.45) is 4.99 Å². The van der Waals surface area contributed by atoms with Crippen molar-refractivity contribution in [3.05, 3.63) is 30.1 Å². The van der Waals surface area contributed by atoms with Gasteiger partial charge in [0.2, 0.25) is 0 Å². The van der Waals surface area contributed by atoms with E-state index >= 15 is 0 Å². The van der Waals surface area contributed by atoms with Crippen LogP contribution in [0.25, 0.3) is 0 Å². The molecular formula is C19H30FN3O2S. The Morgan fingerprint density at radius 1 is 1.35 bits per heavy atom. The lowest BCUT2D eigenvalue weighted by Gasteiger charge is -2.34. The van der Waals surface area contributed by atoms with Crippen LogP contribution in [0.2, 0.25) is 0 Å². The number of guanidine groups is 1. The molecule has 0 aromatic heterocycles. The van der Waals surface area contributed by atoms with Crippen LogP contribution in [0, 0.1) is 5.82 Å². The number of aliphatic imine (C=N–C) groups is 1. The van der Waals surface area contributed by atoms with Gasteiger partial charge in [-0.2, -0.15) is 11.8 Å². The zero-order valence-electron chi connectivity index (χ0n) is 15.9. The minimum atomic E-state index is -0.346. The van der Waals surface area contributed by atoms with Crippen molar-refractivity contribution in [1.82, 2.24) is 10.6 Å². The van der Waals surface area contributed by atoms with Crippen LogP contribution in [0.3, 0.4) is 0 Å². The maximum atomic E-state index is 13.7. The monoisotopic (exact) mass is 383 g/mol. The van der Waals surface area contributed by atoms with Gasteiger partial charge in [0.05, 0.1) is 13.1 Å². The lowest BCUT2D eigenvalue weighted by molar-refractivity contribution is 0.0794. The van der Waals surface area contributed by atoms with E-state index in [-0.39, 0.29) is 22.4 Å². The summed E-state index contributed by atoms with van der Waals surface area (Å²) in [7, 11) is 0. The molecule has 1 heterocycles. The number of para-hydroxylation sites is 1. The predicted octanol–water partition coefficient (Wildman–Crippen LogP) is 3.06. The van der Waals surface area contributed by atoms with E-state index in [1.165, 1.54) is 6.07 Å². The maximum Gasteiger partial charge on any atom is 0.191 e. The van der Waals surface area contributed by atoms with E-state index < -0.39 is 0 Å². The third-order valence-corrected chi connectivity index (χ3v) is 5.83. The minimum absolute atomic E-state index is 0.149. The van der Waals surface area contributed by atoms with Crippen molar-refractivity contribution in [2.45, 2.75) is 37.5 Å². The van der Waals surface area contributed by atoms with E-state index in [4.69, 9.17) is 14.5 Å². The molecule has 0 spiro atoms. The molecule has 1 saturated heterocycles. The van der Waals surface area contributed by atoms with Crippen LogP contribution in [0.4, 0.5) is 4.39 Å². The second-order valence-electron chi connectivity index (χ2n) is 6.43. The first-order chi connectivity index (χ1) is 12.6. The second kappa shape index (κ2) is 10.6. The zero-order valence-corrected chi connectivity index (χ0v) is 16.7. The van der Waals surface area contributed by atoms with Gasteiger partial charge in [0, 0.05) is 24.5 Å². The standard InChI is InChI=1S/C19H30FN3O2S/c1-4-21-18(23-14-19(26-3)9-11-24-12-10-19)22-13-15(2)25-17-8-6-5-7-16(17)20/h5-8,15H,4,9-14H2,1-3H3,(H2,21,22,23). The second-order valence-corrected chi connectivity index (χ2v) is 7.71. The predicted molar refractivity (Wildman–Crippen MR) is 107 cm³/mol. The number of hydrogen-bond donors (Lipinski definition) is 2. The van der Waals surface area contributed by atoms with Gasteiger partial charge in [-0.1, -0.05) is 12.1 Å². The molecule has 2 rings (SSSR count). The summed E-state index contributed by atoms with van der Waals surface area (Å²) in [6.45, 7) is 7.61. The summed E-state index contributed by atoms with van der Waals surface area (Å²) < 4.78 is 25.0. The van der Waals surface area contributed by atoms with Crippen LogP contribution in [0.15, 0.2) is 29.3 Å². The third kappa shape index (κ3) is 6.36. The summed E-state index contributed by atoms with van der Waals surface area (Å²) in [5.74, 6) is 0.685. The number of hydrogen-bond acceptors (Lipinski definition) is 4. The number of halogens is 1. The highest BCUT2D eigenvalue weighted by atomic mass is 32.2. The fraction of sp³-hybridized carbons (Fsp3) is 0.632. The number of benzene rings is 1. The molecule has 0 amide bonds. The van der Waals surface area contributed by atoms with Crippen molar-refractivity contribution in [3.63, 3.8) is 0 Å². The summed E-state index contributed by atoms with van der Waals surface area (Å²) in [6, 6.07) is 6.45. The Morgan fingerprint density at radius 3 is 2.73 bits per heavy atom. The van der Waals surface area contributed by atoms with E-state index in [0.29, 0.717) is 6.54 Å². The average molecular weight is 384 g/mol. The Labute approximate surface area is 160 Å². The highest BCUT2D eigenvalue weighted by molar-refractivity contribution is 8.00. The maximum absolute atomic E-state index is 13.7. The van der Waals surface area contributed by atoms with Gasteiger partial charge in [0.1, 0.15) is 6.10 Å². The number of rotatable bonds is 8. The summed E-state index contributed by atoms with van der Waals surface area (Å²) in [4.78, 5) is 4.77. The molecular weight excluding hydrogens is 353 g/mol. The number of nitrogens with one attached hydrogen (secondary N) is 2. The third-order valence-electron chi connectivity index (χ3n) is 4.43. The van der Waals surface area contributed by atoms with Crippen LogP contribution >= 0.6 is 11.8 Å². The molecule has 1 aromatic rings. The van der Waals surface area contributed by atoms with Gasteiger partial charge in [-0.05, 0) is 45.1 Å². The molecule has 1 aliphatic heterocycles. The summed E-state index contributed by atoms with van der Waals surface area (Å²) in [6.07, 6.45) is 3.99. The zero-order chi connectivity index (χ0) is 18.8. The molecule has 5 nitrogen and oxygen atoms in total. The first-order valence-electron chi connectivity index (χ1n) is 9.15. The van der Waals surface area contributed by atoms with Crippen LogP contribution in [-0.4, -0.2) is 55.9 Å². The first-order valence-corrected chi connectivity index (χ1v) is 10.4. The Kier molecular flexibility index (Phi) is 8.51. The highest BCUT2D eigenvalue weighted by Crippen LogP contribution is 2.33. The van der Waals surface area contributed by atoms with E-state index in [1.54, 1.807) is 18.2 Å². The molecule has 26 heavy (non-hydrogen) atoms. The molecule has 7 heteroatoms. The quantitative estimate of drug-likeness (QED) is 0.534. The Bertz CT molecular complexity index is 580. The van der Waals surface area contributed by atoms with Crippen LogP contribution in [0.5, 0.6) is 5.75 Å². The topological polar surface area (TPSA) is 54.9 Å². The van der Waals surface area contributed by atoms with Gasteiger partial charge in [-0.3, -0.25) is 4.99 Å². The fourth-order valence-corrected chi connectivity index (χ4v) is 3.54. The highest BCUT2D eigenvalue weighted by Gasteiger charge is 2.31. The van der Waals surface area contributed by atoms with Gasteiger partial charge in [0.15, 0.2) is 17.5 Å². The van der Waals surface area contributed by atoms with E-state index in [2.05, 4.69) is 16.9 Å². The first kappa shape index (κ1) is 20.8. The van der Waals surface area contributed by atoms with Crippen molar-refractivity contribution in [1.29, 1.82) is 0 Å². The summed E-state index contributed by atoms with van der Waals surface area (Å²) >= 11 is 1.87. The molecule has 0 aliphatic carbocycles. The van der Waals surface area contributed by atoms with Crippen molar-refractivity contribution in [3.8, 4) is 5.75 Å².